The van der Waals surface area contributed by atoms with E-state index in [1.54, 1.807) is 21.0 Å². The summed E-state index contributed by atoms with van der Waals surface area (Å²) in [4.78, 5) is 21.1. The van der Waals surface area contributed by atoms with E-state index in [0.717, 1.165) is 0 Å². The van der Waals surface area contributed by atoms with Crippen molar-refractivity contribution in [1.82, 2.24) is 0 Å². The van der Waals surface area contributed by atoms with E-state index in [1.807, 2.05) is 21.1 Å². The number of likely N-dealkylation sites (N-methyl/N-ethyl adjacent to an activating group) is 2. The maximum atomic E-state index is 11.1. The third kappa shape index (κ3) is 20.5. The Balaban J connectivity index is 0. The normalized spacial score (nSPS) is 12.0. The van der Waals surface area contributed by atoms with Crippen LogP contribution in [0.4, 0.5) is 0 Å². The van der Waals surface area contributed by atoms with Crippen LogP contribution in [0.2, 0.25) is 0 Å². The van der Waals surface area contributed by atoms with Gasteiger partial charge in [-0.1, -0.05) is 6.58 Å². The Morgan fingerprint density at radius 3 is 1.84 bits per heavy atom. The highest BCUT2D eigenvalue weighted by atomic mass is 32.2. The second kappa shape index (κ2) is 10.5. The lowest BCUT2D eigenvalue weighted by molar-refractivity contribution is -0.888. The van der Waals surface area contributed by atoms with Crippen LogP contribution >= 0.6 is 0 Å². The molecule has 0 rings (SSSR count). The average molecular weight is 384 g/mol. The van der Waals surface area contributed by atoms with Crippen molar-refractivity contribution in [3.63, 3.8) is 0 Å². The van der Waals surface area contributed by atoms with E-state index in [2.05, 4.69) is 6.58 Å². The zero-order valence-electron chi connectivity index (χ0n) is 16.0. The van der Waals surface area contributed by atoms with Crippen molar-refractivity contribution in [2.45, 2.75) is 6.92 Å². The fraction of sp³-hybridized carbons (Fsp3) is 0.733. The van der Waals surface area contributed by atoms with Crippen molar-refractivity contribution in [3.05, 3.63) is 12.2 Å². The summed E-state index contributed by atoms with van der Waals surface area (Å²) < 4.78 is 35.6. The van der Waals surface area contributed by atoms with Gasteiger partial charge in [0.05, 0.1) is 41.8 Å². The van der Waals surface area contributed by atoms with Crippen molar-refractivity contribution >= 4 is 22.1 Å². The van der Waals surface area contributed by atoms with Crippen LogP contribution in [-0.2, 0) is 24.4 Å². The molecule has 0 saturated carbocycles. The molecule has 0 heterocycles. The van der Waals surface area contributed by atoms with Crippen LogP contribution in [0, 0.1) is 0 Å². The van der Waals surface area contributed by atoms with Crippen molar-refractivity contribution < 1.29 is 41.4 Å². The number of esters is 1. The first-order valence-electron chi connectivity index (χ1n) is 7.57. The van der Waals surface area contributed by atoms with Gasteiger partial charge in [0.2, 0.25) is 0 Å². The third-order valence-electron chi connectivity index (χ3n) is 2.84. The lowest BCUT2D eigenvalue weighted by Crippen LogP contribution is -2.45. The zero-order valence-corrected chi connectivity index (χ0v) is 16.8. The number of carboxylic acids is 1. The Bertz CT molecular complexity index is 563. The summed E-state index contributed by atoms with van der Waals surface area (Å²) in [7, 11) is 5.16. The number of carbonyl (C=O) groups is 2. The monoisotopic (exact) mass is 384 g/mol. The molecule has 0 atom stereocenters. The van der Waals surface area contributed by atoms with E-state index in [-0.39, 0.29) is 25.4 Å². The van der Waals surface area contributed by atoms with Gasteiger partial charge in [0.1, 0.15) is 18.9 Å². The minimum absolute atomic E-state index is 0.181. The van der Waals surface area contributed by atoms with Crippen LogP contribution in [-0.4, -0.2) is 106 Å². The predicted octanol–water partition coefficient (Wildman–Crippen LogP) is -0.153. The van der Waals surface area contributed by atoms with Crippen LogP contribution in [0.1, 0.15) is 6.92 Å². The van der Waals surface area contributed by atoms with Gasteiger partial charge >= 0.3 is 11.9 Å². The number of carbonyl (C=O) groups excluding carboxylic acids is 1. The number of hydrogen-bond acceptors (Lipinski definition) is 5. The maximum absolute atomic E-state index is 11.1. The zero-order chi connectivity index (χ0) is 20.5. The number of aliphatic carboxylic acids is 1. The first kappa shape index (κ1) is 25.7. The van der Waals surface area contributed by atoms with Crippen LogP contribution in [0.5, 0.6) is 0 Å². The Morgan fingerprint density at radius 1 is 1.08 bits per heavy atom. The van der Waals surface area contributed by atoms with Gasteiger partial charge in [0.15, 0.2) is 6.54 Å². The first-order valence-corrected chi connectivity index (χ1v) is 9.18. The highest BCUT2D eigenvalue weighted by molar-refractivity contribution is 7.85. The molecule has 0 unspecified atom stereocenters. The topological polar surface area (TPSA) is 118 Å². The van der Waals surface area contributed by atoms with Gasteiger partial charge in [-0.05, 0) is 6.92 Å². The molecule has 0 spiro atoms. The third-order valence-corrected chi connectivity index (χ3v) is 3.54. The number of nitrogens with zero attached hydrogens (tertiary/aromatic N) is 2. The summed E-state index contributed by atoms with van der Waals surface area (Å²) in [6, 6.07) is 0. The molecule has 0 saturated heterocycles. The van der Waals surface area contributed by atoms with Gasteiger partial charge in [-0.2, -0.15) is 8.42 Å². The largest absolute Gasteiger partial charge is 0.477 e. The predicted molar refractivity (Wildman–Crippen MR) is 94.6 cm³/mol. The van der Waals surface area contributed by atoms with E-state index < -0.39 is 22.1 Å². The smallest absolute Gasteiger partial charge is 0.359 e. The molecule has 2 N–H and O–H groups in total. The van der Waals surface area contributed by atoms with Gasteiger partial charge in [0.25, 0.3) is 10.1 Å². The van der Waals surface area contributed by atoms with E-state index >= 15 is 0 Å². The molecular formula is C15H32N2O7S+2. The van der Waals surface area contributed by atoms with Crippen molar-refractivity contribution in [2.24, 2.45) is 0 Å². The van der Waals surface area contributed by atoms with Gasteiger partial charge < -0.3 is 18.8 Å². The van der Waals surface area contributed by atoms with E-state index in [0.29, 0.717) is 21.1 Å². The highest BCUT2D eigenvalue weighted by Crippen LogP contribution is 2.00. The van der Waals surface area contributed by atoms with Crippen molar-refractivity contribution in [1.29, 1.82) is 0 Å². The second-order valence-corrected chi connectivity index (χ2v) is 9.00. The molecule has 0 amide bonds. The molecule has 25 heavy (non-hydrogen) atoms. The minimum atomic E-state index is -3.95. The summed E-state index contributed by atoms with van der Waals surface area (Å²) in [6.07, 6.45) is 0. The van der Waals surface area contributed by atoms with Crippen LogP contribution in [0.25, 0.3) is 0 Å². The van der Waals surface area contributed by atoms with Gasteiger partial charge in [-0.3, -0.25) is 4.55 Å². The Labute approximate surface area is 150 Å². The second-order valence-electron chi connectivity index (χ2n) is 7.43. The average Bonchev–Trinajstić information content (AvgIpc) is 2.33. The molecule has 0 bridgehead atoms. The van der Waals surface area contributed by atoms with E-state index in [4.69, 9.17) is 14.4 Å². The molecule has 0 fully saturated rings. The summed E-state index contributed by atoms with van der Waals surface area (Å²) in [5, 5.41) is 8.23. The first-order chi connectivity index (χ1) is 11.0. The lowest BCUT2D eigenvalue weighted by Gasteiger charge is -2.28. The molecule has 10 heteroatoms. The quantitative estimate of drug-likeness (QED) is 0.246. The SMILES string of the molecule is C=C(C)C(=O)OCC[N+](C)(C)CCS(=O)(=O)O.C[N+](C)(C)CC(=O)O. The van der Waals surface area contributed by atoms with Crippen LogP contribution < -0.4 is 0 Å². The molecule has 0 aromatic rings. The van der Waals surface area contributed by atoms with Crippen LogP contribution in [0.15, 0.2) is 12.2 Å². The van der Waals surface area contributed by atoms with E-state index in [1.165, 1.54) is 0 Å². The number of carboxylic acid groups (broad SMARTS) is 1. The van der Waals surface area contributed by atoms with Gasteiger partial charge in [-0.25, -0.2) is 9.59 Å². The summed E-state index contributed by atoms with van der Waals surface area (Å²) >= 11 is 0. The molecule has 148 valence electrons. The van der Waals surface area contributed by atoms with Gasteiger partial charge in [-0.15, -0.1) is 0 Å². The Hall–Kier alpha value is -1.49. The molecule has 0 aliphatic carbocycles. The number of quaternary nitrogens is 2. The number of ether oxygens (including phenoxy) is 1. The summed E-state index contributed by atoms with van der Waals surface area (Å²) in [5.41, 5.74) is 0.327. The molecular weight excluding hydrogens is 352 g/mol. The van der Waals surface area contributed by atoms with E-state index in [9.17, 15) is 18.0 Å². The molecule has 0 aliphatic rings. The number of hydrogen-bond donors (Lipinski definition) is 2. The molecule has 9 nitrogen and oxygen atoms in total. The van der Waals surface area contributed by atoms with Crippen molar-refractivity contribution in [3.8, 4) is 0 Å². The summed E-state index contributed by atoms with van der Waals surface area (Å²) in [5.74, 6) is -1.52. The highest BCUT2D eigenvalue weighted by Gasteiger charge is 2.19. The lowest BCUT2D eigenvalue weighted by atomic mass is 10.4. The number of rotatable bonds is 9. The molecule has 0 radical (unpaired) electrons. The molecule has 0 aliphatic heterocycles. The molecule has 0 aromatic heterocycles. The summed E-state index contributed by atoms with van der Waals surface area (Å²) in [6.45, 7) is 6.09. The fourth-order valence-electron chi connectivity index (χ4n) is 1.39. The van der Waals surface area contributed by atoms with Gasteiger partial charge in [0, 0.05) is 5.57 Å². The standard InChI is InChI=1S/C10H19NO5S.C5H11NO2/c1-9(2)10(12)16-7-5-11(3,4)6-8-17(13,14)15;1-6(2,3)4-5(7)8/h1,5-8H2,2-4H3;4H2,1-3H3/p+2. The maximum Gasteiger partial charge on any atom is 0.359 e. The van der Waals surface area contributed by atoms with Crippen LogP contribution in [0.3, 0.4) is 0 Å². The fourth-order valence-corrected chi connectivity index (χ4v) is 2.11. The van der Waals surface area contributed by atoms with Crippen molar-refractivity contribution in [2.75, 3.05) is 67.2 Å². The minimum Gasteiger partial charge on any atom is -0.477 e. The Kier molecular flexibility index (Phi) is 10.8. The Morgan fingerprint density at radius 2 is 1.56 bits per heavy atom. The molecule has 0 aromatic carbocycles.